The molecule has 0 radical (unpaired) electrons. The molecule has 1 aromatic rings. The van der Waals surface area contributed by atoms with Gasteiger partial charge in [0.15, 0.2) is 11.5 Å². The Bertz CT molecular complexity index is 329. The fourth-order valence-corrected chi connectivity index (χ4v) is 1.28. The first-order valence-corrected chi connectivity index (χ1v) is 3.84. The molecule has 0 saturated heterocycles. The number of fused-ring (bicyclic) bond motifs is 1. The van der Waals surface area contributed by atoms with Crippen molar-refractivity contribution >= 4 is 6.08 Å². The van der Waals surface area contributed by atoms with Crippen LogP contribution in [0.5, 0.6) is 11.5 Å². The van der Waals surface area contributed by atoms with Crippen LogP contribution in [0.3, 0.4) is 0 Å². The summed E-state index contributed by atoms with van der Waals surface area (Å²) in [6, 6.07) is 3.92. The van der Waals surface area contributed by atoms with Crippen LogP contribution in [-0.4, -0.2) is 6.79 Å². The van der Waals surface area contributed by atoms with E-state index in [1.807, 2.05) is 25.1 Å². The summed E-state index contributed by atoms with van der Waals surface area (Å²) in [7, 11) is 0. The van der Waals surface area contributed by atoms with Crippen molar-refractivity contribution in [1.82, 2.24) is 0 Å². The van der Waals surface area contributed by atoms with Crippen molar-refractivity contribution in [3.63, 3.8) is 0 Å². The Labute approximate surface area is 71.4 Å². The largest absolute Gasteiger partial charge is 0.454 e. The van der Waals surface area contributed by atoms with Gasteiger partial charge in [-0.3, -0.25) is 0 Å². The average Bonchev–Trinajstić information content (AvgIpc) is 2.49. The molecule has 0 fully saturated rings. The quantitative estimate of drug-likeness (QED) is 0.631. The Balaban J connectivity index is 2.56. The van der Waals surface area contributed by atoms with Crippen LogP contribution in [0, 0.1) is 6.92 Å². The number of aryl methyl sites for hydroxylation is 1. The summed E-state index contributed by atoms with van der Waals surface area (Å²) >= 11 is 0. The molecule has 0 atom stereocenters. The molecule has 2 heteroatoms. The molecule has 2 nitrogen and oxygen atoms in total. The maximum absolute atomic E-state index is 5.23. The van der Waals surface area contributed by atoms with Crippen molar-refractivity contribution in [2.75, 3.05) is 6.79 Å². The van der Waals surface area contributed by atoms with Gasteiger partial charge in [0, 0.05) is 0 Å². The molecule has 0 bridgehead atoms. The standard InChI is InChI=1S/C10H10O2/c1-3-8-5-10-9(4-7(8)2)11-6-12-10/h3-5H,1,6H2,2H3. The third-order valence-electron chi connectivity index (χ3n) is 1.98. The van der Waals surface area contributed by atoms with Crippen molar-refractivity contribution in [1.29, 1.82) is 0 Å². The van der Waals surface area contributed by atoms with Crippen LogP contribution in [0.4, 0.5) is 0 Å². The van der Waals surface area contributed by atoms with Crippen LogP contribution >= 0.6 is 0 Å². The van der Waals surface area contributed by atoms with Crippen molar-refractivity contribution in [3.8, 4) is 11.5 Å². The van der Waals surface area contributed by atoms with E-state index in [-0.39, 0.29) is 0 Å². The Morgan fingerprint density at radius 1 is 1.33 bits per heavy atom. The summed E-state index contributed by atoms with van der Waals surface area (Å²) < 4.78 is 10.4. The highest BCUT2D eigenvalue weighted by molar-refractivity contribution is 5.59. The van der Waals surface area contributed by atoms with Crippen LogP contribution in [0.15, 0.2) is 18.7 Å². The van der Waals surface area contributed by atoms with Gasteiger partial charge in [-0.1, -0.05) is 12.7 Å². The van der Waals surface area contributed by atoms with E-state index in [4.69, 9.17) is 9.47 Å². The molecule has 0 spiro atoms. The minimum atomic E-state index is 0.329. The van der Waals surface area contributed by atoms with Crippen molar-refractivity contribution in [2.45, 2.75) is 6.92 Å². The van der Waals surface area contributed by atoms with Crippen LogP contribution in [0.2, 0.25) is 0 Å². The molecule has 1 heterocycles. The summed E-state index contributed by atoms with van der Waals surface area (Å²) in [5, 5.41) is 0. The molecule has 0 aliphatic carbocycles. The van der Waals surface area contributed by atoms with E-state index >= 15 is 0 Å². The number of rotatable bonds is 1. The van der Waals surface area contributed by atoms with E-state index in [1.54, 1.807) is 0 Å². The minimum Gasteiger partial charge on any atom is -0.454 e. The highest BCUT2D eigenvalue weighted by atomic mass is 16.7. The molecule has 1 aliphatic heterocycles. The third kappa shape index (κ3) is 0.961. The zero-order chi connectivity index (χ0) is 8.55. The Morgan fingerprint density at radius 3 is 2.67 bits per heavy atom. The number of hydrogen-bond acceptors (Lipinski definition) is 2. The van der Waals surface area contributed by atoms with Crippen molar-refractivity contribution < 1.29 is 9.47 Å². The van der Waals surface area contributed by atoms with E-state index in [0.717, 1.165) is 22.6 Å². The molecule has 0 amide bonds. The second kappa shape index (κ2) is 2.55. The lowest BCUT2D eigenvalue weighted by atomic mass is 10.1. The fraction of sp³-hybridized carbons (Fsp3) is 0.200. The lowest BCUT2D eigenvalue weighted by molar-refractivity contribution is 0.174. The first-order valence-electron chi connectivity index (χ1n) is 3.84. The number of hydrogen-bond donors (Lipinski definition) is 0. The zero-order valence-electron chi connectivity index (χ0n) is 6.96. The Kier molecular flexibility index (Phi) is 1.54. The van der Waals surface area contributed by atoms with Gasteiger partial charge < -0.3 is 9.47 Å². The second-order valence-electron chi connectivity index (χ2n) is 2.77. The first kappa shape index (κ1) is 7.22. The van der Waals surface area contributed by atoms with Gasteiger partial charge in [0.25, 0.3) is 0 Å². The highest BCUT2D eigenvalue weighted by Gasteiger charge is 2.13. The van der Waals surface area contributed by atoms with Gasteiger partial charge in [-0.25, -0.2) is 0 Å². The van der Waals surface area contributed by atoms with Crippen LogP contribution in [0.1, 0.15) is 11.1 Å². The van der Waals surface area contributed by atoms with Crippen LogP contribution < -0.4 is 9.47 Å². The lowest BCUT2D eigenvalue weighted by Crippen LogP contribution is -1.92. The summed E-state index contributed by atoms with van der Waals surface area (Å²) in [6.07, 6.45) is 1.82. The van der Waals surface area contributed by atoms with Crippen molar-refractivity contribution in [2.24, 2.45) is 0 Å². The predicted octanol–water partition coefficient (Wildman–Crippen LogP) is 2.37. The fourth-order valence-electron chi connectivity index (χ4n) is 1.28. The molecule has 0 unspecified atom stereocenters. The summed E-state index contributed by atoms with van der Waals surface area (Å²) in [5.41, 5.74) is 2.26. The third-order valence-corrected chi connectivity index (χ3v) is 1.98. The smallest absolute Gasteiger partial charge is 0.231 e. The molecule has 0 N–H and O–H groups in total. The average molecular weight is 162 g/mol. The first-order chi connectivity index (χ1) is 5.81. The zero-order valence-corrected chi connectivity index (χ0v) is 6.96. The number of benzene rings is 1. The summed E-state index contributed by atoms with van der Waals surface area (Å²) in [5.74, 6) is 1.65. The van der Waals surface area contributed by atoms with Gasteiger partial charge >= 0.3 is 0 Å². The van der Waals surface area contributed by atoms with E-state index in [0.29, 0.717) is 6.79 Å². The van der Waals surface area contributed by atoms with Gasteiger partial charge in [0.2, 0.25) is 6.79 Å². The molecule has 0 aromatic heterocycles. The van der Waals surface area contributed by atoms with E-state index in [2.05, 4.69) is 6.58 Å². The molecule has 0 saturated carbocycles. The maximum atomic E-state index is 5.23. The van der Waals surface area contributed by atoms with Crippen molar-refractivity contribution in [3.05, 3.63) is 29.8 Å². The predicted molar refractivity (Wildman–Crippen MR) is 47.4 cm³/mol. The SMILES string of the molecule is C=Cc1cc2c(cc1C)OCO2. The van der Waals surface area contributed by atoms with E-state index in [9.17, 15) is 0 Å². The molecule has 62 valence electrons. The molecular weight excluding hydrogens is 152 g/mol. The van der Waals surface area contributed by atoms with E-state index < -0.39 is 0 Å². The van der Waals surface area contributed by atoms with Gasteiger partial charge in [-0.15, -0.1) is 0 Å². The molecule has 12 heavy (non-hydrogen) atoms. The molecular formula is C10H10O2. The Morgan fingerprint density at radius 2 is 2.00 bits per heavy atom. The normalized spacial score (nSPS) is 13.1. The van der Waals surface area contributed by atoms with Gasteiger partial charge in [0.05, 0.1) is 0 Å². The molecule has 1 aromatic carbocycles. The monoisotopic (exact) mass is 162 g/mol. The summed E-state index contributed by atoms with van der Waals surface area (Å²) in [4.78, 5) is 0. The van der Waals surface area contributed by atoms with Gasteiger partial charge in [0.1, 0.15) is 0 Å². The summed E-state index contributed by atoms with van der Waals surface area (Å²) in [6.45, 7) is 6.08. The molecule has 2 rings (SSSR count). The lowest BCUT2D eigenvalue weighted by Gasteiger charge is -2.01. The topological polar surface area (TPSA) is 18.5 Å². The van der Waals surface area contributed by atoms with Crippen LogP contribution in [-0.2, 0) is 0 Å². The molecule has 1 aliphatic rings. The second-order valence-corrected chi connectivity index (χ2v) is 2.77. The minimum absolute atomic E-state index is 0.329. The van der Waals surface area contributed by atoms with Gasteiger partial charge in [-0.2, -0.15) is 0 Å². The Hall–Kier alpha value is -1.44. The maximum Gasteiger partial charge on any atom is 0.231 e. The highest BCUT2D eigenvalue weighted by Crippen LogP contribution is 2.34. The van der Waals surface area contributed by atoms with Gasteiger partial charge in [-0.05, 0) is 30.2 Å². The van der Waals surface area contributed by atoms with E-state index in [1.165, 1.54) is 0 Å². The van der Waals surface area contributed by atoms with Crippen LogP contribution in [0.25, 0.3) is 6.08 Å². The number of ether oxygens (including phenoxy) is 2.